The van der Waals surface area contributed by atoms with Crippen molar-refractivity contribution in [3.05, 3.63) is 53.1 Å². The number of nitrogens with zero attached hydrogens (tertiary/aromatic N) is 2. The number of hydrogen-bond acceptors (Lipinski definition) is 7. The summed E-state index contributed by atoms with van der Waals surface area (Å²) in [6.07, 6.45) is 0.875. The fourth-order valence-corrected chi connectivity index (χ4v) is 7.06. The van der Waals surface area contributed by atoms with E-state index >= 15 is 8.78 Å². The summed E-state index contributed by atoms with van der Waals surface area (Å²) < 4.78 is 54.7. The van der Waals surface area contributed by atoms with Crippen molar-refractivity contribution in [3.63, 3.8) is 0 Å². The molecule has 2 fully saturated rings. The lowest BCUT2D eigenvalue weighted by Crippen LogP contribution is -2.37. The van der Waals surface area contributed by atoms with Gasteiger partial charge in [-0.1, -0.05) is 0 Å². The number of carbonyl (C=O) groups excluding carboxylic acids is 3. The summed E-state index contributed by atoms with van der Waals surface area (Å²) in [4.78, 5) is 38.0. The second-order valence-electron chi connectivity index (χ2n) is 9.75. The summed E-state index contributed by atoms with van der Waals surface area (Å²) in [5, 5.41) is 2.55. The molecule has 0 saturated carbocycles. The molecule has 3 aliphatic rings. The predicted molar refractivity (Wildman–Crippen MR) is 137 cm³/mol. The zero-order chi connectivity index (χ0) is 27.0. The first kappa shape index (κ1) is 26.2. The van der Waals surface area contributed by atoms with Gasteiger partial charge < -0.3 is 19.5 Å². The van der Waals surface area contributed by atoms with Crippen LogP contribution in [0.2, 0.25) is 0 Å². The van der Waals surface area contributed by atoms with Crippen molar-refractivity contribution in [2.24, 2.45) is 0 Å². The molecule has 1 N–H and O–H groups in total. The highest BCUT2D eigenvalue weighted by molar-refractivity contribution is 7.59. The van der Waals surface area contributed by atoms with Crippen LogP contribution >= 0.6 is 7.37 Å². The lowest BCUT2D eigenvalue weighted by Gasteiger charge is -2.34. The quantitative estimate of drug-likeness (QED) is 0.543. The maximum atomic E-state index is 15.1. The Kier molecular flexibility index (Phi) is 7.13. The zero-order valence-electron chi connectivity index (χ0n) is 20.9. The van der Waals surface area contributed by atoms with E-state index in [1.165, 1.54) is 11.8 Å². The van der Waals surface area contributed by atoms with Crippen molar-refractivity contribution >= 4 is 36.5 Å². The van der Waals surface area contributed by atoms with Crippen LogP contribution in [0.3, 0.4) is 0 Å². The van der Waals surface area contributed by atoms with Crippen molar-refractivity contribution < 1.29 is 37.0 Å². The molecule has 0 spiro atoms. The minimum Gasteiger partial charge on any atom is -0.443 e. The molecule has 38 heavy (non-hydrogen) atoms. The van der Waals surface area contributed by atoms with Crippen LogP contribution in [0.4, 0.5) is 25.0 Å². The van der Waals surface area contributed by atoms with Gasteiger partial charge in [0.05, 0.1) is 31.1 Å². The molecule has 1 atom stereocenters. The van der Waals surface area contributed by atoms with Crippen LogP contribution in [-0.4, -0.2) is 62.4 Å². The van der Waals surface area contributed by atoms with Crippen molar-refractivity contribution in [1.29, 1.82) is 0 Å². The van der Waals surface area contributed by atoms with Crippen LogP contribution in [0, 0.1) is 11.6 Å². The number of halogens is 2. The highest BCUT2D eigenvalue weighted by Crippen LogP contribution is 2.50. The third-order valence-electron chi connectivity index (χ3n) is 7.00. The minimum absolute atomic E-state index is 0.0102. The molecular formula is C26H28F2N3O6P. The molecule has 0 radical (unpaired) electrons. The van der Waals surface area contributed by atoms with Crippen LogP contribution in [0.1, 0.15) is 35.7 Å². The SMILES string of the molecule is CC(=O)NC[C@H]1CN(c2cc(F)c(N3CCP(=O)(Oc4ccc5c(c4)CCCC5=O)CC3)c(F)c2)C(=O)O1. The largest absolute Gasteiger partial charge is 0.443 e. The van der Waals surface area contributed by atoms with E-state index in [0.29, 0.717) is 17.7 Å². The number of anilines is 2. The van der Waals surface area contributed by atoms with E-state index < -0.39 is 31.2 Å². The van der Waals surface area contributed by atoms with Gasteiger partial charge in [-0.2, -0.15) is 0 Å². The predicted octanol–water partition coefficient (Wildman–Crippen LogP) is 4.12. The molecule has 0 unspecified atom stereocenters. The van der Waals surface area contributed by atoms with E-state index in [4.69, 9.17) is 9.26 Å². The third kappa shape index (κ3) is 5.38. The number of ether oxygens (including phenoxy) is 1. The number of nitrogens with one attached hydrogen (secondary N) is 1. The van der Waals surface area contributed by atoms with Gasteiger partial charge in [-0.15, -0.1) is 0 Å². The van der Waals surface area contributed by atoms with E-state index in [1.54, 1.807) is 18.2 Å². The van der Waals surface area contributed by atoms with Crippen LogP contribution in [0.25, 0.3) is 0 Å². The number of ketones is 1. The molecule has 9 nitrogen and oxygen atoms in total. The van der Waals surface area contributed by atoms with Crippen molar-refractivity contribution in [2.45, 2.75) is 32.3 Å². The molecule has 1 aliphatic carbocycles. The summed E-state index contributed by atoms with van der Waals surface area (Å²) in [6.45, 7) is 1.72. The summed E-state index contributed by atoms with van der Waals surface area (Å²) >= 11 is 0. The van der Waals surface area contributed by atoms with Gasteiger partial charge in [0.25, 0.3) is 7.37 Å². The molecule has 5 rings (SSSR count). The summed E-state index contributed by atoms with van der Waals surface area (Å²) in [5.74, 6) is -1.45. The first-order valence-electron chi connectivity index (χ1n) is 12.5. The second-order valence-corrected chi connectivity index (χ2v) is 12.5. The topological polar surface area (TPSA) is 105 Å². The van der Waals surface area contributed by atoms with Crippen LogP contribution in [0.15, 0.2) is 30.3 Å². The maximum Gasteiger partial charge on any atom is 0.414 e. The molecule has 12 heteroatoms. The normalized spacial score (nSPS) is 20.7. The first-order chi connectivity index (χ1) is 18.1. The molecule has 2 aromatic rings. The average molecular weight is 547 g/mol. The highest BCUT2D eigenvalue weighted by atomic mass is 31.2. The number of amides is 2. The number of rotatable bonds is 6. The Hall–Kier alpha value is -3.46. The van der Waals surface area contributed by atoms with Crippen LogP contribution in [0.5, 0.6) is 5.75 Å². The van der Waals surface area contributed by atoms with Crippen molar-refractivity contribution in [3.8, 4) is 5.75 Å². The highest BCUT2D eigenvalue weighted by Gasteiger charge is 2.36. The van der Waals surface area contributed by atoms with Gasteiger partial charge in [0.2, 0.25) is 5.91 Å². The monoisotopic (exact) mass is 547 g/mol. The van der Waals surface area contributed by atoms with Gasteiger partial charge in [0, 0.05) is 44.1 Å². The van der Waals surface area contributed by atoms with Crippen molar-refractivity contribution in [2.75, 3.05) is 48.3 Å². The Morgan fingerprint density at radius 3 is 2.53 bits per heavy atom. The summed E-state index contributed by atoms with van der Waals surface area (Å²) in [5.41, 5.74) is 1.32. The average Bonchev–Trinajstić information content (AvgIpc) is 3.24. The van der Waals surface area contributed by atoms with E-state index in [-0.39, 0.29) is 61.6 Å². The van der Waals surface area contributed by atoms with E-state index in [1.807, 2.05) is 0 Å². The number of hydrogen-bond donors (Lipinski definition) is 1. The minimum atomic E-state index is -3.10. The lowest BCUT2D eigenvalue weighted by atomic mass is 9.91. The Bertz CT molecular complexity index is 1320. The molecule has 2 saturated heterocycles. The van der Waals surface area contributed by atoms with Gasteiger partial charge in [0.15, 0.2) is 17.4 Å². The Balaban J connectivity index is 1.24. The maximum absolute atomic E-state index is 15.1. The first-order valence-corrected chi connectivity index (χ1v) is 14.5. The Morgan fingerprint density at radius 2 is 1.84 bits per heavy atom. The second kappa shape index (κ2) is 10.4. The number of benzene rings is 2. The van der Waals surface area contributed by atoms with Gasteiger partial charge in [-0.3, -0.25) is 19.1 Å². The molecule has 2 aliphatic heterocycles. The molecular weight excluding hydrogens is 519 g/mol. The summed E-state index contributed by atoms with van der Waals surface area (Å²) in [7, 11) is -3.10. The Morgan fingerprint density at radius 1 is 1.13 bits per heavy atom. The molecule has 0 bridgehead atoms. The molecule has 2 amide bonds. The van der Waals surface area contributed by atoms with E-state index in [2.05, 4.69) is 5.32 Å². The number of Topliss-reactive ketones (excluding diaryl/α,β-unsaturated/α-hetero) is 1. The fraction of sp³-hybridized carbons (Fsp3) is 0.423. The van der Waals surface area contributed by atoms with Gasteiger partial charge >= 0.3 is 6.09 Å². The van der Waals surface area contributed by atoms with E-state index in [9.17, 15) is 18.9 Å². The van der Waals surface area contributed by atoms with Crippen LogP contribution < -0.4 is 19.6 Å². The standard InChI is InChI=1S/C26H28F2N3O6P/c1-16(32)29-14-20-15-31(26(34)36-20)18-12-22(27)25(23(28)13-18)30-7-9-38(35,10-8-30)37-19-5-6-21-17(11-19)3-2-4-24(21)33/h5-6,11-13,20H,2-4,7-10,14-15H2,1H3,(H,29,32)/t20-/m0/s1. The Labute approximate surface area is 218 Å². The zero-order valence-corrected chi connectivity index (χ0v) is 21.8. The van der Waals surface area contributed by atoms with E-state index in [0.717, 1.165) is 35.4 Å². The van der Waals surface area contributed by atoms with Gasteiger partial charge in [0.1, 0.15) is 17.5 Å². The third-order valence-corrected chi connectivity index (χ3v) is 9.31. The smallest absolute Gasteiger partial charge is 0.414 e. The summed E-state index contributed by atoms with van der Waals surface area (Å²) in [6, 6.07) is 7.26. The fourth-order valence-electron chi connectivity index (χ4n) is 5.06. The molecule has 202 valence electrons. The number of carbonyl (C=O) groups is 3. The lowest BCUT2D eigenvalue weighted by molar-refractivity contribution is -0.119. The number of fused-ring (bicyclic) bond motifs is 1. The number of aryl methyl sites for hydroxylation is 1. The van der Waals surface area contributed by atoms with Crippen LogP contribution in [-0.2, 0) is 20.5 Å². The van der Waals surface area contributed by atoms with Crippen molar-refractivity contribution in [1.82, 2.24) is 5.32 Å². The molecule has 0 aromatic heterocycles. The van der Waals surface area contributed by atoms with Gasteiger partial charge in [-0.05, 0) is 36.6 Å². The molecule has 2 aromatic carbocycles. The molecule has 2 heterocycles. The van der Waals surface area contributed by atoms with Gasteiger partial charge in [-0.25, -0.2) is 13.6 Å². The number of cyclic esters (lactones) is 1.